The zero-order chi connectivity index (χ0) is 11.7. The zero-order valence-electron chi connectivity index (χ0n) is 8.38. The largest absolute Gasteiger partial charge is 0.372 e. The molecule has 1 heterocycles. The predicted molar refractivity (Wildman–Crippen MR) is 62.3 cm³/mol. The summed E-state index contributed by atoms with van der Waals surface area (Å²) in [6, 6.07) is 9.40. The summed E-state index contributed by atoms with van der Waals surface area (Å²) in [5.41, 5.74) is 0.935. The number of nitrogens with zero attached hydrogens (tertiary/aromatic N) is 1. The molecule has 86 valence electrons. The van der Waals surface area contributed by atoms with Crippen molar-refractivity contribution in [1.29, 1.82) is 0 Å². The SMILES string of the molecule is O=C1C(Cl)C(Cl)C(O)N1Cc1ccccc1. The molecule has 0 spiro atoms. The van der Waals surface area contributed by atoms with Gasteiger partial charge in [0.15, 0.2) is 0 Å². The van der Waals surface area contributed by atoms with E-state index in [0.29, 0.717) is 6.54 Å². The van der Waals surface area contributed by atoms with Gasteiger partial charge < -0.3 is 10.0 Å². The average Bonchev–Trinajstić information content (AvgIpc) is 2.48. The maximum atomic E-state index is 11.7. The Morgan fingerprint density at radius 2 is 1.88 bits per heavy atom. The zero-order valence-corrected chi connectivity index (χ0v) is 9.90. The number of rotatable bonds is 2. The maximum Gasteiger partial charge on any atom is 0.244 e. The molecular weight excluding hydrogens is 249 g/mol. The summed E-state index contributed by atoms with van der Waals surface area (Å²) in [6.45, 7) is 0.327. The molecule has 2 rings (SSSR count). The van der Waals surface area contributed by atoms with Gasteiger partial charge in [-0.15, -0.1) is 23.2 Å². The summed E-state index contributed by atoms with van der Waals surface area (Å²) >= 11 is 11.6. The van der Waals surface area contributed by atoms with Crippen LogP contribution in [0.3, 0.4) is 0 Å². The quantitative estimate of drug-likeness (QED) is 0.820. The number of hydrogen-bond donors (Lipinski definition) is 1. The van der Waals surface area contributed by atoms with Crippen LogP contribution in [0.5, 0.6) is 0 Å². The molecule has 0 saturated carbocycles. The van der Waals surface area contributed by atoms with E-state index in [9.17, 15) is 9.90 Å². The number of hydrogen-bond acceptors (Lipinski definition) is 2. The lowest BCUT2D eigenvalue weighted by molar-refractivity contribution is -0.133. The van der Waals surface area contributed by atoms with Gasteiger partial charge in [-0.25, -0.2) is 0 Å². The summed E-state index contributed by atoms with van der Waals surface area (Å²) in [5.74, 6) is -0.321. The number of alkyl halides is 2. The minimum absolute atomic E-state index is 0.321. The highest BCUT2D eigenvalue weighted by Gasteiger charge is 2.45. The molecule has 1 aliphatic heterocycles. The lowest BCUT2D eigenvalue weighted by Gasteiger charge is -2.21. The molecule has 3 atom stereocenters. The normalized spacial score (nSPS) is 29.8. The number of aliphatic hydroxyl groups excluding tert-OH is 1. The second-order valence-electron chi connectivity index (χ2n) is 3.71. The highest BCUT2D eigenvalue weighted by atomic mass is 35.5. The van der Waals surface area contributed by atoms with Gasteiger partial charge in [0.2, 0.25) is 5.91 Å². The Morgan fingerprint density at radius 3 is 2.38 bits per heavy atom. The molecule has 1 aromatic rings. The van der Waals surface area contributed by atoms with E-state index in [1.807, 2.05) is 30.3 Å². The van der Waals surface area contributed by atoms with Crippen molar-refractivity contribution in [2.45, 2.75) is 23.5 Å². The molecule has 1 fully saturated rings. The fraction of sp³-hybridized carbons (Fsp3) is 0.364. The van der Waals surface area contributed by atoms with Crippen LogP contribution in [0.1, 0.15) is 5.56 Å². The Morgan fingerprint density at radius 1 is 1.25 bits per heavy atom. The Balaban J connectivity index is 2.14. The summed E-state index contributed by atoms with van der Waals surface area (Å²) in [6.07, 6.45) is -1.02. The van der Waals surface area contributed by atoms with E-state index in [1.165, 1.54) is 4.90 Å². The molecule has 1 saturated heterocycles. The van der Waals surface area contributed by atoms with Gasteiger partial charge in [-0.1, -0.05) is 30.3 Å². The van der Waals surface area contributed by atoms with E-state index < -0.39 is 17.0 Å². The first-order chi connectivity index (χ1) is 7.61. The van der Waals surface area contributed by atoms with E-state index in [-0.39, 0.29) is 5.91 Å². The van der Waals surface area contributed by atoms with Gasteiger partial charge in [-0.3, -0.25) is 4.79 Å². The van der Waals surface area contributed by atoms with E-state index in [0.717, 1.165) is 5.56 Å². The van der Waals surface area contributed by atoms with Crippen molar-refractivity contribution in [3.05, 3.63) is 35.9 Å². The lowest BCUT2D eigenvalue weighted by Crippen LogP contribution is -2.34. The molecule has 0 aliphatic carbocycles. The average molecular weight is 260 g/mol. The van der Waals surface area contributed by atoms with Crippen LogP contribution in [0.4, 0.5) is 0 Å². The van der Waals surface area contributed by atoms with Crippen molar-refractivity contribution in [3.8, 4) is 0 Å². The van der Waals surface area contributed by atoms with E-state index in [1.54, 1.807) is 0 Å². The minimum atomic E-state index is -1.02. The number of aliphatic hydroxyl groups is 1. The van der Waals surface area contributed by atoms with Crippen molar-refractivity contribution in [1.82, 2.24) is 4.90 Å². The first-order valence-corrected chi connectivity index (χ1v) is 5.79. The summed E-state index contributed by atoms with van der Waals surface area (Å²) in [5, 5.41) is 8.15. The van der Waals surface area contributed by atoms with Crippen LogP contribution in [0.15, 0.2) is 30.3 Å². The van der Waals surface area contributed by atoms with E-state index in [4.69, 9.17) is 23.2 Å². The second kappa shape index (κ2) is 4.62. The first-order valence-electron chi connectivity index (χ1n) is 4.92. The van der Waals surface area contributed by atoms with Crippen molar-refractivity contribution >= 4 is 29.1 Å². The molecule has 3 unspecified atom stereocenters. The molecule has 3 nitrogen and oxygen atoms in total. The third-order valence-electron chi connectivity index (χ3n) is 2.60. The van der Waals surface area contributed by atoms with Crippen LogP contribution < -0.4 is 0 Å². The summed E-state index contributed by atoms with van der Waals surface area (Å²) in [7, 11) is 0. The third kappa shape index (κ3) is 2.03. The Kier molecular flexibility index (Phi) is 3.38. The van der Waals surface area contributed by atoms with Crippen LogP contribution in [0.25, 0.3) is 0 Å². The Bertz CT molecular complexity index is 385. The van der Waals surface area contributed by atoms with Gasteiger partial charge in [0.1, 0.15) is 17.0 Å². The van der Waals surface area contributed by atoms with Crippen molar-refractivity contribution in [2.75, 3.05) is 0 Å². The molecule has 0 radical (unpaired) electrons. The highest BCUT2D eigenvalue weighted by Crippen LogP contribution is 2.28. The number of likely N-dealkylation sites (tertiary alicyclic amines) is 1. The molecule has 1 N–H and O–H groups in total. The highest BCUT2D eigenvalue weighted by molar-refractivity contribution is 6.38. The topological polar surface area (TPSA) is 40.5 Å². The van der Waals surface area contributed by atoms with Crippen molar-refractivity contribution in [3.63, 3.8) is 0 Å². The molecular formula is C11H11Cl2NO2. The maximum absolute atomic E-state index is 11.7. The molecule has 16 heavy (non-hydrogen) atoms. The van der Waals surface area contributed by atoms with Gasteiger partial charge >= 0.3 is 0 Å². The van der Waals surface area contributed by atoms with Crippen LogP contribution >= 0.6 is 23.2 Å². The smallest absolute Gasteiger partial charge is 0.244 e. The molecule has 1 amide bonds. The molecule has 0 aromatic heterocycles. The number of carbonyl (C=O) groups excluding carboxylic acids is 1. The molecule has 5 heteroatoms. The standard InChI is InChI=1S/C11H11Cl2NO2/c12-8-9(13)11(16)14(10(8)15)6-7-4-2-1-3-5-7/h1-5,8-10,15H,6H2. The fourth-order valence-corrected chi connectivity index (χ4v) is 2.20. The van der Waals surface area contributed by atoms with Crippen LogP contribution in [-0.2, 0) is 11.3 Å². The molecule has 1 aliphatic rings. The Hall–Kier alpha value is -0.770. The van der Waals surface area contributed by atoms with Crippen LogP contribution in [-0.4, -0.2) is 32.9 Å². The second-order valence-corrected chi connectivity index (χ2v) is 4.69. The van der Waals surface area contributed by atoms with Crippen molar-refractivity contribution in [2.24, 2.45) is 0 Å². The van der Waals surface area contributed by atoms with Gasteiger partial charge in [0.05, 0.1) is 0 Å². The van der Waals surface area contributed by atoms with Gasteiger partial charge in [0, 0.05) is 6.54 Å². The third-order valence-corrected chi connectivity index (χ3v) is 3.66. The van der Waals surface area contributed by atoms with E-state index in [2.05, 4.69) is 0 Å². The van der Waals surface area contributed by atoms with E-state index >= 15 is 0 Å². The first kappa shape index (κ1) is 11.7. The number of amides is 1. The van der Waals surface area contributed by atoms with Gasteiger partial charge in [-0.2, -0.15) is 0 Å². The minimum Gasteiger partial charge on any atom is -0.372 e. The summed E-state index contributed by atoms with van der Waals surface area (Å²) < 4.78 is 0. The number of halogens is 2. The van der Waals surface area contributed by atoms with Crippen LogP contribution in [0, 0.1) is 0 Å². The predicted octanol–water partition coefficient (Wildman–Crippen LogP) is 1.56. The summed E-state index contributed by atoms with van der Waals surface area (Å²) in [4.78, 5) is 13.0. The fourth-order valence-electron chi connectivity index (χ4n) is 1.70. The number of carbonyl (C=O) groups is 1. The monoisotopic (exact) mass is 259 g/mol. The lowest BCUT2D eigenvalue weighted by atomic mass is 10.2. The molecule has 1 aromatic carbocycles. The van der Waals surface area contributed by atoms with Crippen molar-refractivity contribution < 1.29 is 9.90 Å². The number of benzene rings is 1. The molecule has 0 bridgehead atoms. The van der Waals surface area contributed by atoms with Crippen LogP contribution in [0.2, 0.25) is 0 Å². The van der Waals surface area contributed by atoms with Gasteiger partial charge in [0.25, 0.3) is 0 Å². The Labute approximate surface area is 104 Å². The van der Waals surface area contributed by atoms with Gasteiger partial charge in [-0.05, 0) is 5.56 Å².